The zero-order valence-electron chi connectivity index (χ0n) is 12.0. The maximum Gasteiger partial charge on any atom is 0.123 e. The Kier molecular flexibility index (Phi) is 3.96. The molecule has 1 fully saturated rings. The lowest BCUT2D eigenvalue weighted by molar-refractivity contribution is 0.228. The zero-order valence-corrected chi connectivity index (χ0v) is 12.0. The molecule has 2 heteroatoms. The molecule has 2 nitrogen and oxygen atoms in total. The minimum atomic E-state index is 0.357. The maximum atomic E-state index is 5.55. The molecule has 0 spiro atoms. The molecular weight excluding hydrogens is 222 g/mol. The van der Waals surface area contributed by atoms with Gasteiger partial charge in [0.05, 0.1) is 7.11 Å². The lowest BCUT2D eigenvalue weighted by Crippen LogP contribution is -2.32. The van der Waals surface area contributed by atoms with Crippen molar-refractivity contribution in [2.75, 3.05) is 14.2 Å². The molecule has 100 valence electrons. The van der Waals surface area contributed by atoms with E-state index in [1.54, 1.807) is 7.11 Å². The minimum absolute atomic E-state index is 0.357. The molecule has 0 amide bonds. The number of aryl methyl sites for hydroxylation is 1. The van der Waals surface area contributed by atoms with Crippen LogP contribution in [0.5, 0.6) is 5.75 Å². The summed E-state index contributed by atoms with van der Waals surface area (Å²) in [5.74, 6) is 1.01. The first-order chi connectivity index (χ1) is 8.60. The van der Waals surface area contributed by atoms with Gasteiger partial charge in [0, 0.05) is 11.6 Å². The topological polar surface area (TPSA) is 21.3 Å². The summed E-state index contributed by atoms with van der Waals surface area (Å²) in [4.78, 5) is 0. The first-order valence-corrected chi connectivity index (χ1v) is 6.92. The van der Waals surface area contributed by atoms with Crippen LogP contribution in [0.4, 0.5) is 0 Å². The second-order valence-electron chi connectivity index (χ2n) is 5.83. The molecule has 1 aromatic rings. The van der Waals surface area contributed by atoms with Crippen molar-refractivity contribution in [2.45, 2.75) is 45.6 Å². The van der Waals surface area contributed by atoms with Crippen LogP contribution in [-0.2, 0) is 0 Å². The lowest BCUT2D eigenvalue weighted by atomic mass is 9.77. The number of methoxy groups -OCH3 is 1. The fourth-order valence-electron chi connectivity index (χ4n) is 3.43. The summed E-state index contributed by atoms with van der Waals surface area (Å²) in [5.41, 5.74) is 2.97. The predicted octanol–water partition coefficient (Wildman–Crippen LogP) is 3.84. The first-order valence-electron chi connectivity index (χ1n) is 6.92. The van der Waals surface area contributed by atoms with E-state index in [1.165, 1.54) is 36.8 Å². The van der Waals surface area contributed by atoms with Gasteiger partial charge < -0.3 is 10.1 Å². The van der Waals surface area contributed by atoms with Gasteiger partial charge in [-0.3, -0.25) is 0 Å². The maximum absolute atomic E-state index is 5.55. The van der Waals surface area contributed by atoms with E-state index in [4.69, 9.17) is 4.74 Å². The van der Waals surface area contributed by atoms with Gasteiger partial charge in [-0.2, -0.15) is 0 Å². The van der Waals surface area contributed by atoms with Gasteiger partial charge in [-0.05, 0) is 38.3 Å². The third kappa shape index (κ3) is 2.39. The normalized spacial score (nSPS) is 19.8. The molecule has 0 heterocycles. The van der Waals surface area contributed by atoms with Crippen molar-refractivity contribution in [2.24, 2.45) is 5.41 Å². The van der Waals surface area contributed by atoms with E-state index >= 15 is 0 Å². The minimum Gasteiger partial charge on any atom is -0.496 e. The second-order valence-corrected chi connectivity index (χ2v) is 5.83. The van der Waals surface area contributed by atoms with Crippen molar-refractivity contribution in [3.05, 3.63) is 29.3 Å². The van der Waals surface area contributed by atoms with Crippen molar-refractivity contribution >= 4 is 0 Å². The van der Waals surface area contributed by atoms with Crippen LogP contribution in [0, 0.1) is 12.3 Å². The highest BCUT2D eigenvalue weighted by Gasteiger charge is 2.38. The van der Waals surface area contributed by atoms with Crippen molar-refractivity contribution in [1.29, 1.82) is 0 Å². The molecule has 0 saturated heterocycles. The van der Waals surface area contributed by atoms with Gasteiger partial charge in [0.2, 0.25) is 0 Å². The molecule has 18 heavy (non-hydrogen) atoms. The van der Waals surface area contributed by atoms with Crippen molar-refractivity contribution in [3.8, 4) is 5.75 Å². The molecule has 1 atom stereocenters. The number of rotatable bonds is 4. The average Bonchev–Trinajstić information content (AvgIpc) is 2.78. The van der Waals surface area contributed by atoms with Gasteiger partial charge in [-0.15, -0.1) is 0 Å². The Morgan fingerprint density at radius 2 is 1.94 bits per heavy atom. The van der Waals surface area contributed by atoms with Gasteiger partial charge in [-0.1, -0.05) is 37.5 Å². The van der Waals surface area contributed by atoms with Crippen LogP contribution in [0.25, 0.3) is 0 Å². The summed E-state index contributed by atoms with van der Waals surface area (Å²) in [5, 5.41) is 3.52. The van der Waals surface area contributed by atoms with Gasteiger partial charge in [-0.25, -0.2) is 0 Å². The van der Waals surface area contributed by atoms with Crippen molar-refractivity contribution < 1.29 is 4.74 Å². The molecule has 0 radical (unpaired) electrons. The summed E-state index contributed by atoms with van der Waals surface area (Å²) in [6.45, 7) is 4.55. The van der Waals surface area contributed by atoms with Crippen molar-refractivity contribution in [1.82, 2.24) is 5.32 Å². The van der Waals surface area contributed by atoms with Gasteiger partial charge in [0.1, 0.15) is 5.75 Å². The fourth-order valence-corrected chi connectivity index (χ4v) is 3.43. The predicted molar refractivity (Wildman–Crippen MR) is 76.1 cm³/mol. The molecule has 1 aliphatic rings. The summed E-state index contributed by atoms with van der Waals surface area (Å²) in [7, 11) is 3.83. The highest BCUT2D eigenvalue weighted by Crippen LogP contribution is 2.48. The Bertz CT molecular complexity index is 408. The molecular formula is C16H25NO. The van der Waals surface area contributed by atoms with E-state index in [0.717, 1.165) is 5.75 Å². The number of hydrogen-bond donors (Lipinski definition) is 1. The summed E-state index contributed by atoms with van der Waals surface area (Å²) >= 11 is 0. The summed E-state index contributed by atoms with van der Waals surface area (Å²) in [6.07, 6.45) is 5.30. The molecule has 1 N–H and O–H groups in total. The number of hydrogen-bond acceptors (Lipinski definition) is 2. The fraction of sp³-hybridized carbons (Fsp3) is 0.625. The molecule has 0 aromatic heterocycles. The van der Waals surface area contributed by atoms with Crippen LogP contribution in [-0.4, -0.2) is 14.2 Å². The first kappa shape index (κ1) is 13.4. The van der Waals surface area contributed by atoms with E-state index in [9.17, 15) is 0 Å². The van der Waals surface area contributed by atoms with Crippen LogP contribution in [0.15, 0.2) is 18.2 Å². The Balaban J connectivity index is 2.40. The molecule has 1 saturated carbocycles. The van der Waals surface area contributed by atoms with E-state index in [0.29, 0.717) is 11.5 Å². The van der Waals surface area contributed by atoms with E-state index < -0.39 is 0 Å². The second kappa shape index (κ2) is 5.31. The van der Waals surface area contributed by atoms with Gasteiger partial charge >= 0.3 is 0 Å². The molecule has 1 unspecified atom stereocenters. The third-order valence-electron chi connectivity index (χ3n) is 4.43. The zero-order chi connectivity index (χ0) is 13.2. The van der Waals surface area contributed by atoms with Crippen LogP contribution < -0.4 is 10.1 Å². The van der Waals surface area contributed by atoms with Gasteiger partial charge in [0.25, 0.3) is 0 Å². The summed E-state index contributed by atoms with van der Waals surface area (Å²) in [6, 6.07) is 6.86. The highest BCUT2D eigenvalue weighted by atomic mass is 16.5. The third-order valence-corrected chi connectivity index (χ3v) is 4.43. The number of ether oxygens (including phenoxy) is 1. The molecule has 0 aliphatic heterocycles. The molecule has 1 aromatic carbocycles. The Morgan fingerprint density at radius 1 is 1.28 bits per heavy atom. The van der Waals surface area contributed by atoms with E-state index in [-0.39, 0.29) is 0 Å². The smallest absolute Gasteiger partial charge is 0.123 e. The SMILES string of the molecule is CNC(c1cc(C)ccc1OC)C1(C)CCCC1. The average molecular weight is 247 g/mol. The largest absolute Gasteiger partial charge is 0.496 e. The quantitative estimate of drug-likeness (QED) is 0.872. The molecule has 1 aliphatic carbocycles. The van der Waals surface area contributed by atoms with Crippen LogP contribution in [0.3, 0.4) is 0 Å². The number of benzene rings is 1. The van der Waals surface area contributed by atoms with Crippen LogP contribution >= 0.6 is 0 Å². The lowest BCUT2D eigenvalue weighted by Gasteiger charge is -2.35. The van der Waals surface area contributed by atoms with E-state index in [1.807, 2.05) is 0 Å². The van der Waals surface area contributed by atoms with E-state index in [2.05, 4.69) is 44.4 Å². The highest BCUT2D eigenvalue weighted by molar-refractivity contribution is 5.40. The monoisotopic (exact) mass is 247 g/mol. The Labute approximate surface area is 111 Å². The van der Waals surface area contributed by atoms with Crippen LogP contribution in [0.2, 0.25) is 0 Å². The van der Waals surface area contributed by atoms with Gasteiger partial charge in [0.15, 0.2) is 0 Å². The van der Waals surface area contributed by atoms with Crippen molar-refractivity contribution in [3.63, 3.8) is 0 Å². The number of nitrogens with one attached hydrogen (secondary N) is 1. The Morgan fingerprint density at radius 3 is 2.50 bits per heavy atom. The van der Waals surface area contributed by atoms with Crippen LogP contribution in [0.1, 0.15) is 49.8 Å². The molecule has 2 rings (SSSR count). The Hall–Kier alpha value is -1.02. The summed E-state index contributed by atoms with van der Waals surface area (Å²) < 4.78 is 5.55. The molecule has 0 bridgehead atoms. The standard InChI is InChI=1S/C16H25NO/c1-12-7-8-14(18-4)13(11-12)15(17-3)16(2)9-5-6-10-16/h7-8,11,15,17H,5-6,9-10H2,1-4H3.